The minimum Gasteiger partial charge on any atom is -0.302 e. The SMILES string of the molecule is Cc1cccc2sc(NC(=O)C3C(C=C(Br)Br)C3(C)C)nc12. The van der Waals surface area contributed by atoms with Gasteiger partial charge in [0, 0.05) is 0 Å². The van der Waals surface area contributed by atoms with E-state index >= 15 is 0 Å². The number of para-hydroxylation sites is 1. The lowest BCUT2D eigenvalue weighted by Crippen LogP contribution is -2.16. The molecule has 0 aliphatic heterocycles. The number of carbonyl (C=O) groups excluding carboxylic acids is 1. The Bertz CT molecular complexity index is 778. The number of aromatic nitrogens is 1. The number of anilines is 1. The van der Waals surface area contributed by atoms with E-state index in [0.29, 0.717) is 5.13 Å². The zero-order valence-electron chi connectivity index (χ0n) is 12.5. The Hall–Kier alpha value is -0.720. The predicted molar refractivity (Wildman–Crippen MR) is 99.7 cm³/mol. The van der Waals surface area contributed by atoms with Crippen LogP contribution < -0.4 is 5.32 Å². The highest BCUT2D eigenvalue weighted by atomic mass is 79.9. The number of aryl methyl sites for hydroxylation is 1. The zero-order chi connectivity index (χ0) is 16.1. The molecule has 1 saturated carbocycles. The number of fused-ring (bicyclic) bond motifs is 1. The number of hydrogen-bond donors (Lipinski definition) is 1. The third kappa shape index (κ3) is 2.88. The number of nitrogens with zero attached hydrogens (tertiary/aromatic N) is 1. The van der Waals surface area contributed by atoms with Gasteiger partial charge in [0.1, 0.15) is 0 Å². The fraction of sp³-hybridized carbons (Fsp3) is 0.375. The predicted octanol–water partition coefficient (Wildman–Crippen LogP) is 5.45. The van der Waals surface area contributed by atoms with Gasteiger partial charge < -0.3 is 5.32 Å². The Morgan fingerprint density at radius 3 is 2.77 bits per heavy atom. The Kier molecular flexibility index (Phi) is 4.20. The van der Waals surface area contributed by atoms with Crippen LogP contribution in [0.25, 0.3) is 10.2 Å². The maximum atomic E-state index is 12.5. The van der Waals surface area contributed by atoms with Crippen molar-refractivity contribution in [2.24, 2.45) is 17.3 Å². The molecule has 3 nitrogen and oxygen atoms in total. The van der Waals surface area contributed by atoms with E-state index in [4.69, 9.17) is 0 Å². The van der Waals surface area contributed by atoms with Crippen LogP contribution >= 0.6 is 43.2 Å². The molecule has 3 rings (SSSR count). The van der Waals surface area contributed by atoms with E-state index < -0.39 is 0 Å². The van der Waals surface area contributed by atoms with Crippen molar-refractivity contribution in [2.45, 2.75) is 20.8 Å². The molecule has 1 aromatic carbocycles. The van der Waals surface area contributed by atoms with Crippen molar-refractivity contribution in [1.82, 2.24) is 4.98 Å². The topological polar surface area (TPSA) is 42.0 Å². The van der Waals surface area contributed by atoms with Crippen LogP contribution in [0, 0.1) is 24.2 Å². The van der Waals surface area contributed by atoms with Crippen LogP contribution in [0.2, 0.25) is 0 Å². The standard InChI is InChI=1S/C16H16Br2N2OS/c1-8-5-4-6-10-13(8)19-15(22-10)20-14(21)12-9(7-11(17)18)16(12,2)3/h4-7,9,12H,1-3H3,(H,19,20,21). The smallest absolute Gasteiger partial charge is 0.230 e. The molecule has 0 bridgehead atoms. The van der Waals surface area contributed by atoms with Gasteiger partial charge in [-0.25, -0.2) is 4.98 Å². The number of amides is 1. The molecule has 1 aromatic heterocycles. The molecule has 0 spiro atoms. The summed E-state index contributed by atoms with van der Waals surface area (Å²) in [6, 6.07) is 6.08. The second-order valence-corrected chi connectivity index (χ2v) is 10.0. The molecule has 1 N–H and O–H groups in total. The molecule has 0 saturated heterocycles. The average molecular weight is 444 g/mol. The molecule has 2 aromatic rings. The molecule has 1 amide bonds. The number of carbonyl (C=O) groups is 1. The molecule has 1 aliphatic carbocycles. The van der Waals surface area contributed by atoms with Gasteiger partial charge in [-0.1, -0.05) is 43.4 Å². The van der Waals surface area contributed by atoms with Crippen molar-refractivity contribution in [3.05, 3.63) is 33.2 Å². The fourth-order valence-corrected chi connectivity index (χ4v) is 4.46. The largest absolute Gasteiger partial charge is 0.302 e. The molecule has 1 aliphatic rings. The molecule has 22 heavy (non-hydrogen) atoms. The Morgan fingerprint density at radius 1 is 1.41 bits per heavy atom. The first-order chi connectivity index (χ1) is 10.3. The summed E-state index contributed by atoms with van der Waals surface area (Å²) in [5.41, 5.74) is 2.08. The summed E-state index contributed by atoms with van der Waals surface area (Å²) >= 11 is 8.28. The van der Waals surface area contributed by atoms with Gasteiger partial charge in [-0.3, -0.25) is 4.79 Å². The van der Waals surface area contributed by atoms with E-state index in [1.165, 1.54) is 11.3 Å². The Labute approximate surface area is 150 Å². The first kappa shape index (κ1) is 16.1. The lowest BCUT2D eigenvalue weighted by atomic mass is 10.1. The van der Waals surface area contributed by atoms with Crippen LogP contribution in [-0.4, -0.2) is 10.9 Å². The van der Waals surface area contributed by atoms with Crippen LogP contribution in [0.3, 0.4) is 0 Å². The van der Waals surface area contributed by atoms with E-state index in [1.807, 2.05) is 31.2 Å². The monoisotopic (exact) mass is 442 g/mol. The van der Waals surface area contributed by atoms with E-state index in [9.17, 15) is 4.79 Å². The molecule has 0 radical (unpaired) electrons. The minimum atomic E-state index is -0.0243. The maximum absolute atomic E-state index is 12.5. The van der Waals surface area contributed by atoms with Crippen LogP contribution in [0.1, 0.15) is 19.4 Å². The maximum Gasteiger partial charge on any atom is 0.230 e. The lowest BCUT2D eigenvalue weighted by Gasteiger charge is -2.02. The minimum absolute atomic E-state index is 0.0225. The number of allylic oxidation sites excluding steroid dienone is 1. The number of rotatable bonds is 3. The summed E-state index contributed by atoms with van der Waals surface area (Å²) in [5.74, 6) is 0.257. The van der Waals surface area contributed by atoms with Crippen molar-refractivity contribution in [3.8, 4) is 0 Å². The van der Waals surface area contributed by atoms with Crippen molar-refractivity contribution in [2.75, 3.05) is 5.32 Å². The first-order valence-electron chi connectivity index (χ1n) is 7.00. The Balaban J connectivity index is 1.79. The van der Waals surface area contributed by atoms with Gasteiger partial charge in [-0.2, -0.15) is 0 Å². The molecule has 1 heterocycles. The fourth-order valence-electron chi connectivity index (χ4n) is 2.95. The summed E-state index contributed by atoms with van der Waals surface area (Å²) < 4.78 is 1.99. The lowest BCUT2D eigenvalue weighted by molar-refractivity contribution is -0.118. The molecule has 2 atom stereocenters. The normalized spacial score (nSPS) is 22.4. The summed E-state index contributed by atoms with van der Waals surface area (Å²) in [7, 11) is 0. The zero-order valence-corrected chi connectivity index (χ0v) is 16.5. The van der Waals surface area contributed by atoms with E-state index in [-0.39, 0.29) is 23.2 Å². The third-order valence-corrected chi connectivity index (χ3v) is 5.81. The number of halogens is 2. The summed E-state index contributed by atoms with van der Waals surface area (Å²) in [4.78, 5) is 17.1. The van der Waals surface area contributed by atoms with E-state index in [0.717, 1.165) is 19.2 Å². The molecule has 116 valence electrons. The third-order valence-electron chi connectivity index (χ3n) is 4.35. The first-order valence-corrected chi connectivity index (χ1v) is 9.41. The van der Waals surface area contributed by atoms with Crippen LogP contribution in [0.5, 0.6) is 0 Å². The van der Waals surface area contributed by atoms with Gasteiger partial charge >= 0.3 is 0 Å². The van der Waals surface area contributed by atoms with Gasteiger partial charge in [0.25, 0.3) is 0 Å². The summed E-state index contributed by atoms with van der Waals surface area (Å²) in [5, 5.41) is 3.67. The van der Waals surface area contributed by atoms with Gasteiger partial charge in [0.15, 0.2) is 5.13 Å². The van der Waals surface area contributed by atoms with Crippen LogP contribution in [0.15, 0.2) is 27.7 Å². The average Bonchev–Trinajstić information content (AvgIpc) is 2.78. The van der Waals surface area contributed by atoms with Crippen molar-refractivity contribution in [1.29, 1.82) is 0 Å². The highest BCUT2D eigenvalue weighted by Gasteiger charge is 2.60. The summed E-state index contributed by atoms with van der Waals surface area (Å²) in [6.45, 7) is 6.26. The van der Waals surface area contributed by atoms with Crippen LogP contribution in [0.4, 0.5) is 5.13 Å². The van der Waals surface area contributed by atoms with E-state index in [2.05, 4.69) is 56.0 Å². The number of hydrogen-bond acceptors (Lipinski definition) is 3. The molecule has 6 heteroatoms. The molecule has 1 fully saturated rings. The molecule has 2 unspecified atom stereocenters. The van der Waals surface area contributed by atoms with Crippen LogP contribution in [-0.2, 0) is 4.79 Å². The quantitative estimate of drug-likeness (QED) is 0.685. The molecular weight excluding hydrogens is 428 g/mol. The van der Waals surface area contributed by atoms with E-state index in [1.54, 1.807) is 0 Å². The van der Waals surface area contributed by atoms with Crippen molar-refractivity contribution in [3.63, 3.8) is 0 Å². The molecular formula is C16H16Br2N2OS. The van der Waals surface area contributed by atoms with Gasteiger partial charge in [-0.15, -0.1) is 0 Å². The van der Waals surface area contributed by atoms with Crippen molar-refractivity contribution >= 4 is 64.5 Å². The highest BCUT2D eigenvalue weighted by Crippen LogP contribution is 2.60. The van der Waals surface area contributed by atoms with Gasteiger partial charge in [0.2, 0.25) is 5.91 Å². The number of thiazole rings is 1. The van der Waals surface area contributed by atoms with Crippen molar-refractivity contribution < 1.29 is 4.79 Å². The second kappa shape index (κ2) is 5.73. The second-order valence-electron chi connectivity index (χ2n) is 6.21. The number of nitrogens with one attached hydrogen (secondary N) is 1. The highest BCUT2D eigenvalue weighted by molar-refractivity contribution is 9.28. The Morgan fingerprint density at radius 2 is 2.14 bits per heavy atom. The summed E-state index contributed by atoms with van der Waals surface area (Å²) in [6.07, 6.45) is 2.05. The number of benzene rings is 1. The van der Waals surface area contributed by atoms with Gasteiger partial charge in [0.05, 0.1) is 19.5 Å². The van der Waals surface area contributed by atoms with Gasteiger partial charge in [-0.05, 0) is 61.7 Å².